The third kappa shape index (κ3) is 2.68. The van der Waals surface area contributed by atoms with E-state index in [2.05, 4.69) is 10.3 Å². The maximum atomic E-state index is 12.0. The quantitative estimate of drug-likeness (QED) is 0.921. The Labute approximate surface area is 110 Å². The zero-order valence-corrected chi connectivity index (χ0v) is 11.1. The van der Waals surface area contributed by atoms with Crippen molar-refractivity contribution in [2.75, 3.05) is 12.4 Å². The molecule has 2 aromatic rings. The molecule has 94 valence electrons. The average Bonchev–Trinajstić information content (AvgIpc) is 2.90. The van der Waals surface area contributed by atoms with Gasteiger partial charge in [0.25, 0.3) is 5.91 Å². The van der Waals surface area contributed by atoms with Crippen molar-refractivity contribution in [3.05, 3.63) is 40.9 Å². The van der Waals surface area contributed by atoms with Crippen molar-refractivity contribution in [2.24, 2.45) is 0 Å². The van der Waals surface area contributed by atoms with Crippen LogP contribution in [0.3, 0.4) is 0 Å². The number of nitrogens with zero attached hydrogens (tertiary/aromatic N) is 1. The lowest BCUT2D eigenvalue weighted by Gasteiger charge is -2.08. The fourth-order valence-corrected chi connectivity index (χ4v) is 2.17. The maximum Gasteiger partial charge on any atom is 0.257 e. The van der Waals surface area contributed by atoms with Gasteiger partial charge >= 0.3 is 0 Å². The molecule has 4 nitrogen and oxygen atoms in total. The minimum Gasteiger partial charge on any atom is -0.496 e. The summed E-state index contributed by atoms with van der Waals surface area (Å²) in [6, 6.07) is 5.41. The van der Waals surface area contributed by atoms with Crippen LogP contribution in [0.5, 0.6) is 5.75 Å². The number of amides is 1. The minimum absolute atomic E-state index is 0.151. The molecule has 0 unspecified atom stereocenters. The molecule has 0 aliphatic heterocycles. The summed E-state index contributed by atoms with van der Waals surface area (Å²) < 4.78 is 5.23. The van der Waals surface area contributed by atoms with Gasteiger partial charge in [-0.05, 0) is 30.2 Å². The van der Waals surface area contributed by atoms with Crippen molar-refractivity contribution >= 4 is 22.4 Å². The number of carbonyl (C=O) groups is 1. The number of hydrogen-bond donors (Lipinski definition) is 1. The van der Waals surface area contributed by atoms with Gasteiger partial charge in [0, 0.05) is 17.1 Å². The first-order chi connectivity index (χ1) is 8.74. The fraction of sp³-hybridized carbons (Fsp3) is 0.231. The second kappa shape index (κ2) is 5.64. The minimum atomic E-state index is -0.151. The predicted molar refractivity (Wildman–Crippen MR) is 72.4 cm³/mol. The Bertz CT molecular complexity index is 538. The molecule has 1 amide bonds. The van der Waals surface area contributed by atoms with Crippen molar-refractivity contribution in [1.29, 1.82) is 0 Å². The lowest BCUT2D eigenvalue weighted by Crippen LogP contribution is -2.12. The van der Waals surface area contributed by atoms with Crippen LogP contribution in [-0.4, -0.2) is 18.0 Å². The van der Waals surface area contributed by atoms with Crippen molar-refractivity contribution in [3.63, 3.8) is 0 Å². The maximum absolute atomic E-state index is 12.0. The van der Waals surface area contributed by atoms with E-state index in [-0.39, 0.29) is 5.91 Å². The van der Waals surface area contributed by atoms with Crippen LogP contribution >= 0.6 is 11.3 Å². The molecule has 18 heavy (non-hydrogen) atoms. The largest absolute Gasteiger partial charge is 0.496 e. The number of ether oxygens (including phenoxy) is 1. The molecule has 1 heterocycles. The molecule has 1 aromatic carbocycles. The first kappa shape index (κ1) is 12.6. The lowest BCUT2D eigenvalue weighted by molar-refractivity contribution is 0.102. The van der Waals surface area contributed by atoms with Gasteiger partial charge in [0.05, 0.1) is 7.11 Å². The Balaban J connectivity index is 2.20. The number of anilines is 1. The summed E-state index contributed by atoms with van der Waals surface area (Å²) in [6.45, 7) is 2.03. The Morgan fingerprint density at radius 3 is 2.94 bits per heavy atom. The van der Waals surface area contributed by atoms with Gasteiger partial charge in [0.2, 0.25) is 0 Å². The van der Waals surface area contributed by atoms with E-state index in [1.807, 2.05) is 24.4 Å². The number of hydrogen-bond acceptors (Lipinski definition) is 4. The van der Waals surface area contributed by atoms with E-state index < -0.39 is 0 Å². The van der Waals surface area contributed by atoms with Gasteiger partial charge in [-0.3, -0.25) is 10.1 Å². The molecule has 0 atom stereocenters. The number of rotatable bonds is 4. The Morgan fingerprint density at radius 2 is 2.33 bits per heavy atom. The summed E-state index contributed by atoms with van der Waals surface area (Å²) in [5.41, 5.74) is 1.63. The molecule has 0 radical (unpaired) electrons. The van der Waals surface area contributed by atoms with E-state index in [0.29, 0.717) is 10.7 Å². The van der Waals surface area contributed by atoms with E-state index in [1.54, 1.807) is 19.4 Å². The summed E-state index contributed by atoms with van der Waals surface area (Å²) >= 11 is 1.40. The number of methoxy groups -OCH3 is 1. The molecular formula is C13H14N2O2S. The second-order valence-electron chi connectivity index (χ2n) is 3.67. The summed E-state index contributed by atoms with van der Waals surface area (Å²) in [5, 5.41) is 5.18. The van der Waals surface area contributed by atoms with Gasteiger partial charge in [0.15, 0.2) is 5.13 Å². The highest BCUT2D eigenvalue weighted by Crippen LogP contribution is 2.21. The molecule has 0 aliphatic carbocycles. The van der Waals surface area contributed by atoms with E-state index in [9.17, 15) is 4.79 Å². The van der Waals surface area contributed by atoms with Crippen LogP contribution in [0.2, 0.25) is 0 Å². The van der Waals surface area contributed by atoms with Gasteiger partial charge in [-0.2, -0.15) is 0 Å². The number of carbonyl (C=O) groups excluding carboxylic acids is 1. The molecule has 0 saturated carbocycles. The van der Waals surface area contributed by atoms with E-state index in [0.717, 1.165) is 17.7 Å². The molecule has 2 rings (SSSR count). The van der Waals surface area contributed by atoms with Crippen LogP contribution in [0, 0.1) is 0 Å². The fourth-order valence-electron chi connectivity index (χ4n) is 1.65. The molecule has 1 aromatic heterocycles. The molecule has 0 spiro atoms. The third-order valence-electron chi connectivity index (χ3n) is 2.58. The molecule has 0 fully saturated rings. The monoisotopic (exact) mass is 262 g/mol. The van der Waals surface area contributed by atoms with Gasteiger partial charge in [-0.15, -0.1) is 11.3 Å². The molecule has 1 N–H and O–H groups in total. The second-order valence-corrected chi connectivity index (χ2v) is 4.57. The van der Waals surface area contributed by atoms with Gasteiger partial charge in [-0.25, -0.2) is 4.98 Å². The van der Waals surface area contributed by atoms with Crippen molar-refractivity contribution in [3.8, 4) is 5.75 Å². The average molecular weight is 262 g/mol. The van der Waals surface area contributed by atoms with Crippen molar-refractivity contribution in [2.45, 2.75) is 13.3 Å². The van der Waals surface area contributed by atoms with Crippen LogP contribution in [-0.2, 0) is 6.42 Å². The summed E-state index contributed by atoms with van der Waals surface area (Å²) in [5.74, 6) is 0.658. The zero-order valence-electron chi connectivity index (χ0n) is 10.3. The third-order valence-corrected chi connectivity index (χ3v) is 3.26. The summed E-state index contributed by atoms with van der Waals surface area (Å²) in [7, 11) is 1.63. The topological polar surface area (TPSA) is 51.2 Å². The standard InChI is InChI=1S/C13H14N2O2S/c1-3-9-8-10(4-5-11(9)17-2)12(16)15-13-14-6-7-18-13/h4-8H,3H2,1-2H3,(H,14,15,16). The highest BCUT2D eigenvalue weighted by Gasteiger charge is 2.10. The Hall–Kier alpha value is -1.88. The number of thiazole rings is 1. The number of aryl methyl sites for hydroxylation is 1. The van der Waals surface area contributed by atoms with Crippen LogP contribution in [0.25, 0.3) is 0 Å². The highest BCUT2D eigenvalue weighted by molar-refractivity contribution is 7.13. The first-order valence-electron chi connectivity index (χ1n) is 5.62. The zero-order chi connectivity index (χ0) is 13.0. The van der Waals surface area contributed by atoms with Crippen LogP contribution in [0.1, 0.15) is 22.8 Å². The van der Waals surface area contributed by atoms with Crippen molar-refractivity contribution in [1.82, 2.24) is 4.98 Å². The van der Waals surface area contributed by atoms with E-state index in [1.165, 1.54) is 11.3 Å². The normalized spacial score (nSPS) is 10.1. The summed E-state index contributed by atoms with van der Waals surface area (Å²) in [6.07, 6.45) is 2.48. The summed E-state index contributed by atoms with van der Waals surface area (Å²) in [4.78, 5) is 16.0. The molecule has 5 heteroatoms. The van der Waals surface area contributed by atoms with Gasteiger partial charge < -0.3 is 4.74 Å². The van der Waals surface area contributed by atoms with E-state index >= 15 is 0 Å². The van der Waals surface area contributed by atoms with Crippen LogP contribution < -0.4 is 10.1 Å². The molecule has 0 aliphatic rings. The Kier molecular flexibility index (Phi) is 3.94. The lowest BCUT2D eigenvalue weighted by atomic mass is 10.1. The van der Waals surface area contributed by atoms with E-state index in [4.69, 9.17) is 4.74 Å². The smallest absolute Gasteiger partial charge is 0.257 e. The van der Waals surface area contributed by atoms with Crippen LogP contribution in [0.4, 0.5) is 5.13 Å². The van der Waals surface area contributed by atoms with Gasteiger partial charge in [-0.1, -0.05) is 6.92 Å². The van der Waals surface area contributed by atoms with Crippen molar-refractivity contribution < 1.29 is 9.53 Å². The number of nitrogens with one attached hydrogen (secondary N) is 1. The first-order valence-corrected chi connectivity index (χ1v) is 6.50. The van der Waals surface area contributed by atoms with Gasteiger partial charge in [0.1, 0.15) is 5.75 Å². The number of aromatic nitrogens is 1. The van der Waals surface area contributed by atoms with Crippen LogP contribution in [0.15, 0.2) is 29.8 Å². The molecule has 0 bridgehead atoms. The Morgan fingerprint density at radius 1 is 1.50 bits per heavy atom. The highest BCUT2D eigenvalue weighted by atomic mass is 32.1. The molecular weight excluding hydrogens is 248 g/mol. The SMILES string of the molecule is CCc1cc(C(=O)Nc2nccs2)ccc1OC. The molecule has 0 saturated heterocycles. The predicted octanol–water partition coefficient (Wildman–Crippen LogP) is 2.97. The number of benzene rings is 1.